The van der Waals surface area contributed by atoms with Gasteiger partial charge >= 0.3 is 0 Å². The minimum Gasteiger partial charge on any atom is -0.444 e. The van der Waals surface area contributed by atoms with E-state index in [1.165, 1.54) is 19.1 Å². The lowest BCUT2D eigenvalue weighted by Gasteiger charge is -2.18. The number of hydrogen-bond acceptors (Lipinski definition) is 4. The number of anilines is 1. The van der Waals surface area contributed by atoms with Crippen molar-refractivity contribution in [2.45, 2.75) is 25.7 Å². The Bertz CT molecular complexity index is 628. The number of aromatic nitrogens is 1. The molecule has 1 aromatic carbocycles. The van der Waals surface area contributed by atoms with Crippen molar-refractivity contribution in [2.24, 2.45) is 0 Å². The first-order valence-electron chi connectivity index (χ1n) is 7.35. The number of amides is 1. The van der Waals surface area contributed by atoms with Gasteiger partial charge in [0.25, 0.3) is 5.91 Å². The Labute approximate surface area is 123 Å². The number of nitrogen functional groups attached to an aromatic ring is 1. The van der Waals surface area contributed by atoms with Crippen LogP contribution in [0.3, 0.4) is 0 Å². The van der Waals surface area contributed by atoms with Crippen molar-refractivity contribution in [1.29, 1.82) is 0 Å². The molecular weight excluding hydrogens is 266 g/mol. The van der Waals surface area contributed by atoms with Crippen LogP contribution in [-0.4, -0.2) is 28.9 Å². The number of nitrogens with zero attached hydrogens (tertiary/aromatic N) is 2. The lowest BCUT2D eigenvalue weighted by molar-refractivity contribution is 0.0756. The Morgan fingerprint density at radius 2 is 1.86 bits per heavy atom. The molecule has 1 saturated heterocycles. The highest BCUT2D eigenvalue weighted by Gasteiger charge is 2.21. The minimum absolute atomic E-state index is 0.0543. The SMILES string of the molecule is Nc1ccccc1-c1nc(C(=O)N2CCCCCC2)co1. The van der Waals surface area contributed by atoms with Crippen LogP contribution in [0.25, 0.3) is 11.5 Å². The van der Waals surface area contributed by atoms with Gasteiger partial charge in [-0.05, 0) is 25.0 Å². The average Bonchev–Trinajstić information content (AvgIpc) is 2.82. The maximum Gasteiger partial charge on any atom is 0.275 e. The molecule has 110 valence electrons. The van der Waals surface area contributed by atoms with Crippen LogP contribution in [-0.2, 0) is 0 Å². The van der Waals surface area contributed by atoms with Gasteiger partial charge in [-0.25, -0.2) is 4.98 Å². The average molecular weight is 285 g/mol. The molecule has 1 amide bonds. The van der Waals surface area contributed by atoms with Gasteiger partial charge in [0.1, 0.15) is 6.26 Å². The van der Waals surface area contributed by atoms with Crippen LogP contribution < -0.4 is 5.73 Å². The van der Waals surface area contributed by atoms with Gasteiger partial charge < -0.3 is 15.1 Å². The quantitative estimate of drug-likeness (QED) is 0.861. The normalized spacial score (nSPS) is 15.7. The molecule has 0 bridgehead atoms. The molecular formula is C16H19N3O2. The van der Waals surface area contributed by atoms with E-state index in [4.69, 9.17) is 10.2 Å². The summed E-state index contributed by atoms with van der Waals surface area (Å²) in [5.74, 6) is 0.340. The maximum absolute atomic E-state index is 12.5. The molecule has 5 heteroatoms. The summed E-state index contributed by atoms with van der Waals surface area (Å²) in [5.41, 5.74) is 7.57. The van der Waals surface area contributed by atoms with Crippen molar-refractivity contribution < 1.29 is 9.21 Å². The summed E-state index contributed by atoms with van der Waals surface area (Å²) < 4.78 is 5.44. The highest BCUT2D eigenvalue weighted by Crippen LogP contribution is 2.25. The van der Waals surface area contributed by atoms with Gasteiger partial charge in [0.05, 0.1) is 5.56 Å². The highest BCUT2D eigenvalue weighted by atomic mass is 16.3. The molecule has 2 heterocycles. The molecule has 1 fully saturated rings. The first-order valence-corrected chi connectivity index (χ1v) is 7.35. The summed E-state index contributed by atoms with van der Waals surface area (Å²) in [6, 6.07) is 7.34. The lowest BCUT2D eigenvalue weighted by Crippen LogP contribution is -2.32. The third kappa shape index (κ3) is 2.91. The molecule has 2 aromatic rings. The van der Waals surface area contributed by atoms with Crippen molar-refractivity contribution >= 4 is 11.6 Å². The van der Waals surface area contributed by atoms with Crippen molar-refractivity contribution in [1.82, 2.24) is 9.88 Å². The standard InChI is InChI=1S/C16H19N3O2/c17-13-8-4-3-7-12(13)15-18-14(11-21-15)16(20)19-9-5-1-2-6-10-19/h3-4,7-8,11H,1-2,5-6,9-10,17H2. The molecule has 2 N–H and O–H groups in total. The monoisotopic (exact) mass is 285 g/mol. The van der Waals surface area contributed by atoms with Gasteiger partial charge in [0.15, 0.2) is 5.69 Å². The number of para-hydroxylation sites is 1. The Kier molecular flexibility index (Phi) is 3.90. The second-order valence-electron chi connectivity index (χ2n) is 5.33. The molecule has 21 heavy (non-hydrogen) atoms. The molecule has 1 aliphatic rings. The van der Waals surface area contributed by atoms with E-state index in [1.54, 1.807) is 6.07 Å². The van der Waals surface area contributed by atoms with E-state index in [2.05, 4.69) is 4.98 Å². The van der Waals surface area contributed by atoms with Gasteiger partial charge in [0.2, 0.25) is 5.89 Å². The van der Waals surface area contributed by atoms with Crippen LogP contribution in [0.2, 0.25) is 0 Å². The van der Waals surface area contributed by atoms with E-state index in [1.807, 2.05) is 23.1 Å². The van der Waals surface area contributed by atoms with E-state index in [9.17, 15) is 4.79 Å². The van der Waals surface area contributed by atoms with Gasteiger partial charge in [-0.15, -0.1) is 0 Å². The van der Waals surface area contributed by atoms with Gasteiger partial charge in [-0.1, -0.05) is 25.0 Å². The molecule has 0 spiro atoms. The molecule has 1 aliphatic heterocycles. The Balaban J connectivity index is 1.81. The molecule has 0 saturated carbocycles. The van der Waals surface area contributed by atoms with Crippen molar-refractivity contribution in [2.75, 3.05) is 18.8 Å². The zero-order valence-electron chi connectivity index (χ0n) is 11.9. The Hall–Kier alpha value is -2.30. The van der Waals surface area contributed by atoms with Gasteiger partial charge in [-0.3, -0.25) is 4.79 Å². The van der Waals surface area contributed by atoms with E-state index in [0.717, 1.165) is 25.9 Å². The van der Waals surface area contributed by atoms with Crippen LogP contribution in [0, 0.1) is 0 Å². The largest absolute Gasteiger partial charge is 0.444 e. The maximum atomic E-state index is 12.5. The number of carbonyl (C=O) groups excluding carboxylic acids is 1. The molecule has 0 atom stereocenters. The predicted molar refractivity (Wildman–Crippen MR) is 80.7 cm³/mol. The Morgan fingerprint density at radius 1 is 1.14 bits per heavy atom. The van der Waals surface area contributed by atoms with E-state index >= 15 is 0 Å². The first-order chi connectivity index (χ1) is 10.3. The van der Waals surface area contributed by atoms with E-state index < -0.39 is 0 Å². The number of oxazole rings is 1. The van der Waals surface area contributed by atoms with Crippen molar-refractivity contribution in [3.8, 4) is 11.5 Å². The number of nitrogens with two attached hydrogens (primary N) is 1. The van der Waals surface area contributed by atoms with Crippen LogP contribution >= 0.6 is 0 Å². The number of carbonyl (C=O) groups is 1. The highest BCUT2D eigenvalue weighted by molar-refractivity contribution is 5.92. The fourth-order valence-corrected chi connectivity index (χ4v) is 2.62. The summed E-state index contributed by atoms with van der Waals surface area (Å²) in [6.07, 6.45) is 5.92. The zero-order chi connectivity index (χ0) is 14.7. The predicted octanol–water partition coefficient (Wildman–Crippen LogP) is 2.94. The third-order valence-corrected chi connectivity index (χ3v) is 3.81. The molecule has 0 radical (unpaired) electrons. The van der Waals surface area contributed by atoms with Crippen LogP contribution in [0.15, 0.2) is 34.9 Å². The molecule has 5 nitrogen and oxygen atoms in total. The summed E-state index contributed by atoms with van der Waals surface area (Å²) >= 11 is 0. The molecule has 0 aliphatic carbocycles. The Morgan fingerprint density at radius 3 is 2.57 bits per heavy atom. The zero-order valence-corrected chi connectivity index (χ0v) is 11.9. The van der Waals surface area contributed by atoms with Crippen molar-refractivity contribution in [3.05, 3.63) is 36.2 Å². The van der Waals surface area contributed by atoms with Crippen LogP contribution in [0.1, 0.15) is 36.2 Å². The summed E-state index contributed by atoms with van der Waals surface area (Å²) in [5, 5.41) is 0. The second-order valence-corrected chi connectivity index (χ2v) is 5.33. The number of rotatable bonds is 2. The summed E-state index contributed by atoms with van der Waals surface area (Å²) in [6.45, 7) is 1.60. The van der Waals surface area contributed by atoms with E-state index in [-0.39, 0.29) is 5.91 Å². The smallest absolute Gasteiger partial charge is 0.275 e. The summed E-state index contributed by atoms with van der Waals surface area (Å²) in [4.78, 5) is 18.6. The number of hydrogen-bond donors (Lipinski definition) is 1. The third-order valence-electron chi connectivity index (χ3n) is 3.81. The van der Waals surface area contributed by atoms with E-state index in [0.29, 0.717) is 22.8 Å². The summed E-state index contributed by atoms with van der Waals surface area (Å²) in [7, 11) is 0. The lowest BCUT2D eigenvalue weighted by atomic mass is 10.2. The number of likely N-dealkylation sites (tertiary alicyclic amines) is 1. The molecule has 1 aromatic heterocycles. The fourth-order valence-electron chi connectivity index (χ4n) is 2.62. The van der Waals surface area contributed by atoms with Crippen LogP contribution in [0.5, 0.6) is 0 Å². The van der Waals surface area contributed by atoms with Crippen molar-refractivity contribution in [3.63, 3.8) is 0 Å². The van der Waals surface area contributed by atoms with Gasteiger partial charge in [0, 0.05) is 18.8 Å². The van der Waals surface area contributed by atoms with Gasteiger partial charge in [-0.2, -0.15) is 0 Å². The first kappa shape index (κ1) is 13.7. The molecule has 3 rings (SSSR count). The van der Waals surface area contributed by atoms with Crippen LogP contribution in [0.4, 0.5) is 5.69 Å². The topological polar surface area (TPSA) is 72.4 Å². The number of benzene rings is 1. The molecule has 0 unspecified atom stereocenters. The minimum atomic E-state index is -0.0543. The fraction of sp³-hybridized carbons (Fsp3) is 0.375. The second kappa shape index (κ2) is 5.99.